The molecule has 12 nitrogen and oxygen atoms in total. The van der Waals surface area contributed by atoms with Gasteiger partial charge in [0.05, 0.1) is 68.0 Å². The summed E-state index contributed by atoms with van der Waals surface area (Å²) in [7, 11) is 0. The van der Waals surface area contributed by atoms with Gasteiger partial charge in [0.2, 0.25) is 0 Å². The van der Waals surface area contributed by atoms with Gasteiger partial charge in [0.25, 0.3) is 0 Å². The minimum Gasteiger partial charge on any atom is -0.256 e. The fourth-order valence-corrected chi connectivity index (χ4v) is 20.1. The quantitative estimate of drug-likeness (QED) is 0.102. The first kappa shape index (κ1) is 76.9. The minimum atomic E-state index is 0.0378. The second kappa shape index (κ2) is 32.4. The lowest BCUT2D eigenvalue weighted by atomic mass is 9.61. The first-order valence-electron chi connectivity index (χ1n) is 44.6. The molecule has 22 aromatic rings. The Kier molecular flexibility index (Phi) is 18.9. The normalized spacial score (nSPS) is 14.4. The van der Waals surface area contributed by atoms with Crippen molar-refractivity contribution in [3.63, 3.8) is 0 Å². The van der Waals surface area contributed by atoms with Crippen LogP contribution in [0.25, 0.3) is 180 Å². The van der Waals surface area contributed by atoms with E-state index in [2.05, 4.69) is 360 Å². The highest BCUT2D eigenvalue weighted by Gasteiger charge is 2.44. The molecule has 0 saturated carbocycles. The summed E-state index contributed by atoms with van der Waals surface area (Å²) in [6.07, 6.45) is 7.31. The van der Waals surface area contributed by atoms with E-state index in [0.29, 0.717) is 23.3 Å². The smallest absolute Gasteiger partial charge is 0.160 e. The fraction of sp³-hybridized carbons (Fsp3) is 0.0333. The first-order chi connectivity index (χ1) is 65.4. The Morgan fingerprint density at radius 2 is 0.348 bits per heavy atom. The van der Waals surface area contributed by atoms with Gasteiger partial charge in [0, 0.05) is 137 Å². The maximum Gasteiger partial charge on any atom is 0.160 e. The number of pyridine rings is 4. The molecule has 0 radical (unpaired) electrons. The lowest BCUT2D eigenvalue weighted by Crippen LogP contribution is -2.27. The van der Waals surface area contributed by atoms with Crippen molar-refractivity contribution in [2.45, 2.75) is 23.7 Å². The van der Waals surface area contributed by atoms with Gasteiger partial charge in [-0.05, 0) is 176 Å². The van der Waals surface area contributed by atoms with E-state index in [9.17, 15) is 0 Å². The summed E-state index contributed by atoms with van der Waals surface area (Å²) in [6, 6.07) is 145. The molecular weight excluding hydrogens is 1610 g/mol. The molecule has 6 aliphatic carbocycles. The van der Waals surface area contributed by atoms with E-state index < -0.39 is 0 Å². The molecule has 616 valence electrons. The zero-order chi connectivity index (χ0) is 87.1. The number of rotatable bonds is 14. The van der Waals surface area contributed by atoms with Crippen molar-refractivity contribution in [1.82, 2.24) is 59.8 Å². The Balaban J connectivity index is 0.000000142. The van der Waals surface area contributed by atoms with Gasteiger partial charge in [-0.25, -0.2) is 39.9 Å². The molecule has 0 N–H and O–H groups in total. The van der Waals surface area contributed by atoms with Crippen molar-refractivity contribution < 1.29 is 0 Å². The molecule has 0 spiro atoms. The lowest BCUT2D eigenvalue weighted by molar-refractivity contribution is 0.754. The van der Waals surface area contributed by atoms with Crippen LogP contribution in [0, 0.1) is 0 Å². The van der Waals surface area contributed by atoms with Crippen LogP contribution in [0.5, 0.6) is 0 Å². The van der Waals surface area contributed by atoms with Gasteiger partial charge < -0.3 is 0 Å². The van der Waals surface area contributed by atoms with E-state index in [1.54, 1.807) is 0 Å². The molecule has 2 unspecified atom stereocenters. The summed E-state index contributed by atoms with van der Waals surface area (Å²) in [6.45, 7) is 0. The van der Waals surface area contributed by atoms with Crippen LogP contribution in [-0.2, 0) is 0 Å². The predicted molar refractivity (Wildman–Crippen MR) is 527 cm³/mol. The van der Waals surface area contributed by atoms with Crippen LogP contribution in [0.4, 0.5) is 0 Å². The van der Waals surface area contributed by atoms with E-state index in [1.807, 2.05) is 97.6 Å². The SMILES string of the molecule is c1ccc(-c2cc(-c3ccc(-c4ccccn4)cc3)nc(-c3ccc4c(c3)C3c5ccccc5[C@H]4c4cc(-c5nc(-c6ccccc6)cc(-c6ccc(-c7ccccn7)cc6)n5)ccc43)n2)cc1.c1ccc(-c2cc(-c3ccc4ncccc4c3)nc(-c3ccc4c(c3)C3c5ccccc5[C@H]4c4cc(-c5nc(-c6ccccc6)cc(-c6ccc7ncccc7c6)n5)ccc43)n2)cc1. The van der Waals surface area contributed by atoms with Crippen molar-refractivity contribution in [3.8, 4) is 158 Å². The van der Waals surface area contributed by atoms with Crippen LogP contribution in [0.15, 0.2) is 437 Å². The predicted octanol–water partition coefficient (Wildman–Crippen LogP) is 27.7. The maximum atomic E-state index is 5.28. The van der Waals surface area contributed by atoms with Gasteiger partial charge in [-0.15, -0.1) is 0 Å². The number of hydrogen-bond acceptors (Lipinski definition) is 12. The van der Waals surface area contributed by atoms with Crippen molar-refractivity contribution in [1.29, 1.82) is 0 Å². The zero-order valence-corrected chi connectivity index (χ0v) is 71.2. The molecule has 6 aliphatic rings. The van der Waals surface area contributed by atoms with Gasteiger partial charge in [-0.3, -0.25) is 19.9 Å². The molecule has 4 atom stereocenters. The van der Waals surface area contributed by atoms with Gasteiger partial charge in [-0.1, -0.05) is 303 Å². The Labute approximate surface area is 762 Å². The number of benzene rings is 14. The summed E-state index contributed by atoms with van der Waals surface area (Å²) in [5, 5.41) is 2.15. The van der Waals surface area contributed by atoms with Crippen molar-refractivity contribution in [3.05, 3.63) is 504 Å². The van der Waals surface area contributed by atoms with Crippen molar-refractivity contribution in [2.75, 3.05) is 0 Å². The molecular formula is C120H76N12. The highest BCUT2D eigenvalue weighted by molar-refractivity contribution is 5.88. The molecule has 12 heteroatoms. The van der Waals surface area contributed by atoms with Crippen LogP contribution in [0.2, 0.25) is 0 Å². The largest absolute Gasteiger partial charge is 0.256 e. The Hall–Kier alpha value is -17.5. The Morgan fingerprint density at radius 1 is 0.129 bits per heavy atom. The van der Waals surface area contributed by atoms with Crippen molar-refractivity contribution >= 4 is 21.8 Å². The molecule has 4 bridgehead atoms. The molecule has 0 aliphatic heterocycles. The second-order valence-electron chi connectivity index (χ2n) is 34.1. The average molecular weight is 1690 g/mol. The molecule has 8 heterocycles. The molecule has 28 rings (SSSR count). The topological polar surface area (TPSA) is 155 Å². The summed E-state index contributed by atoms with van der Waals surface area (Å²) in [5.74, 6) is 2.95. The van der Waals surface area contributed by atoms with E-state index in [0.717, 1.165) is 157 Å². The molecule has 0 amide bonds. The van der Waals surface area contributed by atoms with Gasteiger partial charge in [0.1, 0.15) is 0 Å². The standard InChI is InChI=1S/C62H40N6.C58H36N6/c1-3-13-39(14-4-1)55-37-57(43-25-21-41(22-26-43)53-19-9-11-33-63-53)67-61(65-55)45-29-31-49-51(35-45)59-47-17-7-8-18-48(47)60(49)52-36-46(30-32-50(52)59)62-66-56(40-15-5-2-6-16-40)38-58(68-62)44-27-23-42(24-28-44)54-20-10-12-34-64-54;1-3-11-35(12-4-1)51-33-53(39-21-25-49-37(29-39)15-9-27-59-49)63-57(61-51)41-19-23-45-47(31-41)55-43-17-7-8-18-44(43)56(45)48-32-42(20-24-46(48)55)58-62-52(36-13-5-2-6-14-36)34-54(64-58)40-22-26-50-38(30-40)16-10-28-60-50/h1-38,59-60H;1-34,55-56H/t59-,60?;55-,56?/m11/s1. The van der Waals surface area contributed by atoms with E-state index in [1.165, 1.54) is 66.8 Å². The summed E-state index contributed by atoms with van der Waals surface area (Å²) in [4.78, 5) is 60.3. The fourth-order valence-electron chi connectivity index (χ4n) is 20.1. The molecule has 132 heavy (non-hydrogen) atoms. The highest BCUT2D eigenvalue weighted by atomic mass is 14.9. The van der Waals surface area contributed by atoms with Crippen LogP contribution in [0.1, 0.15) is 90.4 Å². The monoisotopic (exact) mass is 1680 g/mol. The van der Waals surface area contributed by atoms with Crippen LogP contribution in [-0.4, -0.2) is 59.8 Å². The summed E-state index contributed by atoms with van der Waals surface area (Å²) in [5.41, 5.74) is 40.9. The third-order valence-electron chi connectivity index (χ3n) is 26.4. The highest BCUT2D eigenvalue weighted by Crippen LogP contribution is 2.59. The van der Waals surface area contributed by atoms with Crippen molar-refractivity contribution in [2.24, 2.45) is 0 Å². The zero-order valence-electron chi connectivity index (χ0n) is 71.2. The molecule has 0 fully saturated rings. The Bertz CT molecular complexity index is 7780. The van der Waals surface area contributed by atoms with Gasteiger partial charge in [0.15, 0.2) is 23.3 Å². The molecule has 0 saturated heterocycles. The number of nitrogens with zero attached hydrogens (tertiary/aromatic N) is 12. The second-order valence-corrected chi connectivity index (χ2v) is 34.1. The van der Waals surface area contributed by atoms with Gasteiger partial charge >= 0.3 is 0 Å². The summed E-state index contributed by atoms with van der Waals surface area (Å²) < 4.78 is 0. The van der Waals surface area contributed by atoms with Gasteiger partial charge in [-0.2, -0.15) is 0 Å². The van der Waals surface area contributed by atoms with E-state index in [-0.39, 0.29) is 23.7 Å². The van der Waals surface area contributed by atoms with Crippen LogP contribution in [0.3, 0.4) is 0 Å². The maximum absolute atomic E-state index is 5.28. The van der Waals surface area contributed by atoms with Crippen LogP contribution < -0.4 is 0 Å². The van der Waals surface area contributed by atoms with E-state index >= 15 is 0 Å². The third kappa shape index (κ3) is 14.0. The summed E-state index contributed by atoms with van der Waals surface area (Å²) >= 11 is 0. The number of fused-ring (bicyclic) bond motifs is 2. The number of aromatic nitrogens is 12. The lowest BCUT2D eigenvalue weighted by Gasteiger charge is -2.42. The van der Waals surface area contributed by atoms with E-state index in [4.69, 9.17) is 39.9 Å². The third-order valence-corrected chi connectivity index (χ3v) is 26.4. The minimum absolute atomic E-state index is 0.0378. The molecule has 8 aromatic heterocycles. The van der Waals surface area contributed by atoms with Crippen LogP contribution >= 0.6 is 0 Å². The Morgan fingerprint density at radius 3 is 0.621 bits per heavy atom. The molecule has 14 aromatic carbocycles. The first-order valence-corrected chi connectivity index (χ1v) is 44.6. The number of hydrogen-bond donors (Lipinski definition) is 0. The average Bonchev–Trinajstić information content (AvgIpc) is 0.701.